The highest BCUT2D eigenvalue weighted by molar-refractivity contribution is 7.14. The van der Waals surface area contributed by atoms with E-state index in [9.17, 15) is 18.9 Å². The summed E-state index contributed by atoms with van der Waals surface area (Å²) in [5, 5.41) is 18.9. The maximum absolute atomic E-state index is 13.2. The lowest BCUT2D eigenvalue weighted by atomic mass is 10.2. The van der Waals surface area contributed by atoms with Crippen LogP contribution in [0.25, 0.3) is 10.6 Å². The Balaban J connectivity index is 2.59. The van der Waals surface area contributed by atoms with Gasteiger partial charge in [0.1, 0.15) is 5.01 Å². The van der Waals surface area contributed by atoms with E-state index in [1.165, 1.54) is 0 Å². The normalized spacial score (nSPS) is 12.4. The molecule has 1 atom stereocenters. The number of hydrogen-bond acceptors (Lipinski definition) is 6. The predicted molar refractivity (Wildman–Crippen MR) is 64.5 cm³/mol. The van der Waals surface area contributed by atoms with Crippen molar-refractivity contribution in [2.45, 2.75) is 13.0 Å². The van der Waals surface area contributed by atoms with Crippen LogP contribution in [-0.2, 0) is 0 Å². The summed E-state index contributed by atoms with van der Waals surface area (Å²) in [6.07, 6.45) is 0. The van der Waals surface area contributed by atoms with Crippen molar-refractivity contribution in [1.82, 2.24) is 10.2 Å². The summed E-state index contributed by atoms with van der Waals surface area (Å²) in [5.74, 6) is -2.47. The van der Waals surface area contributed by atoms with E-state index in [1.807, 2.05) is 0 Å². The maximum atomic E-state index is 13.2. The predicted octanol–water partition coefficient (Wildman–Crippen LogP) is 2.41. The quantitative estimate of drug-likeness (QED) is 0.690. The molecule has 0 saturated heterocycles. The SMILES string of the molecule is CC(N)c1nnc(-c2cc(F)c(F)cc2[N+](=O)[O-])s1. The Morgan fingerprint density at radius 1 is 1.37 bits per heavy atom. The summed E-state index contributed by atoms with van der Waals surface area (Å²) in [6, 6.07) is 0.868. The maximum Gasteiger partial charge on any atom is 0.282 e. The highest BCUT2D eigenvalue weighted by atomic mass is 32.1. The van der Waals surface area contributed by atoms with Crippen LogP contribution >= 0.6 is 11.3 Å². The van der Waals surface area contributed by atoms with E-state index in [2.05, 4.69) is 10.2 Å². The van der Waals surface area contributed by atoms with Gasteiger partial charge in [-0.1, -0.05) is 11.3 Å². The summed E-state index contributed by atoms with van der Waals surface area (Å²) < 4.78 is 26.2. The number of halogens is 2. The molecule has 2 aromatic rings. The zero-order valence-electron chi connectivity index (χ0n) is 9.63. The molecule has 19 heavy (non-hydrogen) atoms. The van der Waals surface area contributed by atoms with Crippen molar-refractivity contribution < 1.29 is 13.7 Å². The minimum atomic E-state index is -1.28. The first-order chi connectivity index (χ1) is 8.90. The molecule has 0 aliphatic carbocycles. The first-order valence-corrected chi connectivity index (χ1v) is 5.94. The molecule has 0 amide bonds. The molecule has 0 saturated carbocycles. The lowest BCUT2D eigenvalue weighted by molar-refractivity contribution is -0.384. The molecule has 0 bridgehead atoms. The van der Waals surface area contributed by atoms with E-state index >= 15 is 0 Å². The molecule has 0 radical (unpaired) electrons. The van der Waals surface area contributed by atoms with Gasteiger partial charge in [0.2, 0.25) is 0 Å². The Labute approximate surface area is 110 Å². The Morgan fingerprint density at radius 2 is 2.00 bits per heavy atom. The average Bonchev–Trinajstić information content (AvgIpc) is 2.81. The molecular weight excluding hydrogens is 278 g/mol. The van der Waals surface area contributed by atoms with Crippen molar-refractivity contribution >= 4 is 17.0 Å². The zero-order chi connectivity index (χ0) is 14.2. The number of rotatable bonds is 3. The molecular formula is C10H8F2N4O2S. The molecule has 0 aliphatic rings. The largest absolute Gasteiger partial charge is 0.322 e. The monoisotopic (exact) mass is 286 g/mol. The van der Waals surface area contributed by atoms with E-state index < -0.39 is 28.3 Å². The van der Waals surface area contributed by atoms with Crippen LogP contribution in [0.1, 0.15) is 18.0 Å². The molecule has 0 spiro atoms. The van der Waals surface area contributed by atoms with Gasteiger partial charge in [-0.25, -0.2) is 8.78 Å². The lowest BCUT2D eigenvalue weighted by Crippen LogP contribution is -2.03. The summed E-state index contributed by atoms with van der Waals surface area (Å²) in [7, 11) is 0. The van der Waals surface area contributed by atoms with E-state index in [0.29, 0.717) is 11.1 Å². The minimum Gasteiger partial charge on any atom is -0.322 e. The Kier molecular flexibility index (Phi) is 3.49. The molecule has 2 N–H and O–H groups in total. The van der Waals surface area contributed by atoms with Crippen molar-refractivity contribution in [2.24, 2.45) is 5.73 Å². The smallest absolute Gasteiger partial charge is 0.282 e. The van der Waals surface area contributed by atoms with Crippen molar-refractivity contribution in [3.05, 3.63) is 38.9 Å². The summed E-state index contributed by atoms with van der Waals surface area (Å²) >= 11 is 0.999. The van der Waals surface area contributed by atoms with Crippen LogP contribution in [0.4, 0.5) is 14.5 Å². The Hall–Kier alpha value is -2.00. The fourth-order valence-electron chi connectivity index (χ4n) is 1.39. The minimum absolute atomic E-state index is 0.117. The highest BCUT2D eigenvalue weighted by Crippen LogP contribution is 2.34. The van der Waals surface area contributed by atoms with Crippen LogP contribution in [0.3, 0.4) is 0 Å². The number of nitro benzene ring substituents is 1. The standard InChI is InChI=1S/C10H8F2N4O2S/c1-4(13)9-14-15-10(19-9)5-2-6(11)7(12)3-8(5)16(17)18/h2-4H,13H2,1H3. The topological polar surface area (TPSA) is 94.9 Å². The third kappa shape index (κ3) is 2.56. The van der Waals surface area contributed by atoms with Crippen LogP contribution < -0.4 is 5.73 Å². The molecule has 1 heterocycles. The fourth-order valence-corrected chi connectivity index (χ4v) is 2.21. The zero-order valence-corrected chi connectivity index (χ0v) is 10.4. The van der Waals surface area contributed by atoms with Gasteiger partial charge in [-0.3, -0.25) is 10.1 Å². The third-order valence-electron chi connectivity index (χ3n) is 2.30. The Morgan fingerprint density at radius 3 is 2.53 bits per heavy atom. The van der Waals surface area contributed by atoms with Crippen LogP contribution in [0.15, 0.2) is 12.1 Å². The van der Waals surface area contributed by atoms with Crippen molar-refractivity contribution in [3.8, 4) is 10.6 Å². The first kappa shape index (κ1) is 13.4. The summed E-state index contributed by atoms with van der Waals surface area (Å²) in [4.78, 5) is 10.0. The van der Waals surface area contributed by atoms with Crippen LogP contribution in [0.2, 0.25) is 0 Å². The number of benzene rings is 1. The molecule has 2 rings (SSSR count). The van der Waals surface area contributed by atoms with Crippen molar-refractivity contribution in [1.29, 1.82) is 0 Å². The van der Waals surface area contributed by atoms with Gasteiger partial charge in [-0.05, 0) is 13.0 Å². The number of hydrogen-bond donors (Lipinski definition) is 1. The Bertz CT molecular complexity index is 644. The van der Waals surface area contributed by atoms with Gasteiger partial charge in [0.15, 0.2) is 16.6 Å². The number of nitro groups is 1. The van der Waals surface area contributed by atoms with Gasteiger partial charge in [0.05, 0.1) is 22.6 Å². The van der Waals surface area contributed by atoms with E-state index in [1.54, 1.807) is 6.92 Å². The second-order valence-electron chi connectivity index (χ2n) is 3.77. The first-order valence-electron chi connectivity index (χ1n) is 5.13. The second kappa shape index (κ2) is 4.94. The van der Waals surface area contributed by atoms with E-state index in [4.69, 9.17) is 5.73 Å². The lowest BCUT2D eigenvalue weighted by Gasteiger charge is -2.00. The molecule has 1 aromatic heterocycles. The third-order valence-corrected chi connectivity index (χ3v) is 3.45. The number of nitrogens with zero attached hydrogens (tertiary/aromatic N) is 3. The van der Waals surface area contributed by atoms with Crippen molar-refractivity contribution in [2.75, 3.05) is 0 Å². The van der Waals surface area contributed by atoms with Crippen LogP contribution in [-0.4, -0.2) is 15.1 Å². The number of aromatic nitrogens is 2. The summed E-state index contributed by atoms with van der Waals surface area (Å²) in [6.45, 7) is 1.67. The molecule has 100 valence electrons. The molecule has 1 unspecified atom stereocenters. The molecule has 6 nitrogen and oxygen atoms in total. The average molecular weight is 286 g/mol. The van der Waals surface area contributed by atoms with Gasteiger partial charge < -0.3 is 5.73 Å². The second-order valence-corrected chi connectivity index (χ2v) is 4.78. The molecule has 0 aliphatic heterocycles. The van der Waals surface area contributed by atoms with Gasteiger partial charge in [-0.2, -0.15) is 0 Å². The van der Waals surface area contributed by atoms with Gasteiger partial charge in [0.25, 0.3) is 5.69 Å². The van der Waals surface area contributed by atoms with E-state index in [0.717, 1.165) is 17.4 Å². The van der Waals surface area contributed by atoms with Crippen LogP contribution in [0.5, 0.6) is 0 Å². The molecule has 1 aromatic carbocycles. The van der Waals surface area contributed by atoms with Gasteiger partial charge >= 0.3 is 0 Å². The molecule has 9 heteroatoms. The highest BCUT2D eigenvalue weighted by Gasteiger charge is 2.23. The van der Waals surface area contributed by atoms with Gasteiger partial charge in [-0.15, -0.1) is 10.2 Å². The van der Waals surface area contributed by atoms with Crippen molar-refractivity contribution in [3.63, 3.8) is 0 Å². The van der Waals surface area contributed by atoms with Gasteiger partial charge in [0, 0.05) is 0 Å². The fraction of sp³-hybridized carbons (Fsp3) is 0.200. The molecule has 0 fully saturated rings. The van der Waals surface area contributed by atoms with E-state index in [-0.39, 0.29) is 10.6 Å². The summed E-state index contributed by atoms with van der Waals surface area (Å²) in [5.41, 5.74) is 4.92. The number of nitrogens with two attached hydrogens (primary N) is 1. The van der Waals surface area contributed by atoms with Crippen LogP contribution in [0, 0.1) is 21.7 Å².